The minimum absolute atomic E-state index is 0.158. The van der Waals surface area contributed by atoms with Crippen molar-refractivity contribution in [2.24, 2.45) is 0 Å². The average molecular weight is 518 g/mol. The second kappa shape index (κ2) is 12.8. The maximum absolute atomic E-state index is 11.6. The number of rotatable bonds is 11. The summed E-state index contributed by atoms with van der Waals surface area (Å²) >= 11 is 0. The van der Waals surface area contributed by atoms with Crippen LogP contribution in [0.1, 0.15) is 56.7 Å². The second-order valence-electron chi connectivity index (χ2n) is 10.1. The maximum atomic E-state index is 11.6. The number of hydrogen-bond donors (Lipinski definition) is 5. The molecule has 9 nitrogen and oxygen atoms in total. The Balaban J connectivity index is 2.01. The molecule has 0 saturated carbocycles. The molecule has 2 aromatic carbocycles. The van der Waals surface area contributed by atoms with E-state index in [1.807, 2.05) is 36.4 Å². The smallest absolute Gasteiger partial charge is 0.335 e. The lowest BCUT2D eigenvalue weighted by atomic mass is 9.86. The van der Waals surface area contributed by atoms with Crippen molar-refractivity contribution in [2.45, 2.75) is 89.4 Å². The molecule has 1 aliphatic rings. The molecule has 3 rings (SSSR count). The van der Waals surface area contributed by atoms with E-state index in [1.165, 1.54) is 0 Å². The zero-order valence-electron chi connectivity index (χ0n) is 21.8. The fourth-order valence-electron chi connectivity index (χ4n) is 4.93. The van der Waals surface area contributed by atoms with Crippen LogP contribution in [0.4, 0.5) is 0 Å². The van der Waals surface area contributed by atoms with Crippen molar-refractivity contribution in [2.75, 3.05) is 6.54 Å². The lowest BCUT2D eigenvalue weighted by Gasteiger charge is -2.39. The fraction of sp³-hybridized carbons (Fsp3) is 0.536. The van der Waals surface area contributed by atoms with E-state index in [0.29, 0.717) is 23.4 Å². The van der Waals surface area contributed by atoms with Gasteiger partial charge < -0.3 is 35.0 Å². The molecule has 1 heterocycles. The summed E-state index contributed by atoms with van der Waals surface area (Å²) in [5.74, 6) is -1.31. The highest BCUT2D eigenvalue weighted by Gasteiger charge is 2.48. The molecule has 0 spiro atoms. The van der Waals surface area contributed by atoms with E-state index in [2.05, 4.69) is 32.6 Å². The molecule has 0 bridgehead atoms. The van der Waals surface area contributed by atoms with Gasteiger partial charge in [0.2, 0.25) is 6.29 Å². The lowest BCUT2D eigenvalue weighted by molar-refractivity contribution is -0.271. The van der Waals surface area contributed by atoms with Crippen LogP contribution < -0.4 is 4.74 Å². The van der Waals surface area contributed by atoms with Crippen molar-refractivity contribution in [1.29, 1.82) is 0 Å². The highest BCUT2D eigenvalue weighted by atomic mass is 16.7. The third-order valence-electron chi connectivity index (χ3n) is 6.89. The molecule has 2 aromatic rings. The molecular weight excluding hydrogens is 478 g/mol. The van der Waals surface area contributed by atoms with Gasteiger partial charge in [0.15, 0.2) is 6.10 Å². The van der Waals surface area contributed by atoms with Gasteiger partial charge in [0, 0.05) is 23.6 Å². The van der Waals surface area contributed by atoms with Crippen molar-refractivity contribution >= 4 is 5.97 Å². The van der Waals surface area contributed by atoms with Crippen LogP contribution in [0.5, 0.6) is 5.75 Å². The van der Waals surface area contributed by atoms with Crippen LogP contribution in [-0.2, 0) is 16.1 Å². The number of carboxylic acids is 1. The van der Waals surface area contributed by atoms with Crippen LogP contribution >= 0.6 is 0 Å². The van der Waals surface area contributed by atoms with Gasteiger partial charge in [0.05, 0.1) is 6.61 Å². The van der Waals surface area contributed by atoms with E-state index in [4.69, 9.17) is 9.47 Å². The average Bonchev–Trinajstić information content (AvgIpc) is 2.87. The summed E-state index contributed by atoms with van der Waals surface area (Å²) < 4.78 is 11.4. The molecule has 9 heteroatoms. The quantitative estimate of drug-likeness (QED) is 0.303. The number of aliphatic carboxylic acids is 1. The van der Waals surface area contributed by atoms with Crippen LogP contribution in [0.3, 0.4) is 0 Å². The number of benzene rings is 2. The Morgan fingerprint density at radius 2 is 1.62 bits per heavy atom. The summed E-state index contributed by atoms with van der Waals surface area (Å²) in [6.45, 7) is 9.20. The van der Waals surface area contributed by atoms with Crippen molar-refractivity contribution in [3.8, 4) is 5.75 Å². The molecule has 3 unspecified atom stereocenters. The standard InChI is InChI=1S/C28H39NO8/c1-16(2)29(17(3)4)13-12-20(19-8-6-5-7-9-19)21-14-18(15-30)10-11-22(21)36-28-25(33)23(31)24(32)26(37-28)27(34)35/h5-11,14,16-17,20,23-26,28,30-33H,12-13,15H2,1-4H3,(H,34,35)/t20-,23?,24+,25?,26?,28+/m0/s1. The SMILES string of the molecule is CC(C)N(CC[C@@H](c1ccccc1)c1cc(CO)ccc1O[C@@H]1OC(C(=O)O)[C@H](O)C(O)C1O)C(C)C. The summed E-state index contributed by atoms with van der Waals surface area (Å²) in [6.07, 6.45) is -7.83. The van der Waals surface area contributed by atoms with E-state index < -0.39 is 36.7 Å². The van der Waals surface area contributed by atoms with E-state index in [1.54, 1.807) is 12.1 Å². The van der Waals surface area contributed by atoms with Gasteiger partial charge in [-0.15, -0.1) is 0 Å². The largest absolute Gasteiger partial charge is 0.479 e. The minimum Gasteiger partial charge on any atom is -0.479 e. The monoisotopic (exact) mass is 517 g/mol. The van der Waals surface area contributed by atoms with E-state index in [-0.39, 0.29) is 12.5 Å². The second-order valence-corrected chi connectivity index (χ2v) is 10.1. The fourth-order valence-corrected chi connectivity index (χ4v) is 4.93. The first kappa shape index (κ1) is 29.0. The Bertz CT molecular complexity index is 1010. The predicted octanol–water partition coefficient (Wildman–Crippen LogP) is 2.09. The van der Waals surface area contributed by atoms with Gasteiger partial charge in [0.25, 0.3) is 0 Å². The highest BCUT2D eigenvalue weighted by molar-refractivity contribution is 5.73. The van der Waals surface area contributed by atoms with Gasteiger partial charge >= 0.3 is 5.97 Å². The molecule has 5 N–H and O–H groups in total. The Morgan fingerprint density at radius 1 is 0.973 bits per heavy atom. The summed E-state index contributed by atoms with van der Waals surface area (Å²) in [5, 5.41) is 50.0. The summed E-state index contributed by atoms with van der Waals surface area (Å²) in [5.41, 5.74) is 2.42. The molecule has 0 aromatic heterocycles. The van der Waals surface area contributed by atoms with Crippen LogP contribution in [0.25, 0.3) is 0 Å². The minimum atomic E-state index is -1.81. The molecule has 0 aliphatic carbocycles. The third kappa shape index (κ3) is 6.87. The van der Waals surface area contributed by atoms with Crippen LogP contribution in [0.2, 0.25) is 0 Å². The topological polar surface area (TPSA) is 140 Å². The number of carbonyl (C=O) groups is 1. The molecule has 204 valence electrons. The number of carboxylic acid groups (broad SMARTS) is 1. The maximum Gasteiger partial charge on any atom is 0.335 e. The van der Waals surface area contributed by atoms with Gasteiger partial charge in [-0.25, -0.2) is 4.79 Å². The number of hydrogen-bond acceptors (Lipinski definition) is 8. The first-order valence-corrected chi connectivity index (χ1v) is 12.7. The number of nitrogens with zero attached hydrogens (tertiary/aromatic N) is 1. The van der Waals surface area contributed by atoms with Crippen LogP contribution in [0, 0.1) is 0 Å². The van der Waals surface area contributed by atoms with Gasteiger partial charge in [-0.1, -0.05) is 36.4 Å². The highest BCUT2D eigenvalue weighted by Crippen LogP contribution is 2.37. The van der Waals surface area contributed by atoms with E-state index >= 15 is 0 Å². The number of ether oxygens (including phenoxy) is 2. The summed E-state index contributed by atoms with van der Waals surface area (Å²) in [7, 11) is 0. The first-order chi connectivity index (χ1) is 17.5. The molecule has 1 aliphatic heterocycles. The summed E-state index contributed by atoms with van der Waals surface area (Å²) in [4.78, 5) is 13.9. The zero-order chi connectivity index (χ0) is 27.3. The molecule has 0 amide bonds. The molecule has 37 heavy (non-hydrogen) atoms. The molecule has 1 fully saturated rings. The van der Waals surface area contributed by atoms with Gasteiger partial charge in [0.1, 0.15) is 24.1 Å². The van der Waals surface area contributed by atoms with E-state index in [9.17, 15) is 30.3 Å². The Morgan fingerprint density at radius 3 is 2.19 bits per heavy atom. The van der Waals surface area contributed by atoms with Crippen molar-refractivity contribution in [3.05, 3.63) is 65.2 Å². The van der Waals surface area contributed by atoms with Gasteiger partial charge in [-0.2, -0.15) is 0 Å². The Hall–Kier alpha value is -2.53. The number of aliphatic hydroxyl groups excluding tert-OH is 4. The Labute approximate surface area is 217 Å². The van der Waals surface area contributed by atoms with Crippen molar-refractivity contribution in [3.63, 3.8) is 0 Å². The van der Waals surface area contributed by atoms with Crippen molar-refractivity contribution in [1.82, 2.24) is 4.90 Å². The normalized spacial score (nSPS) is 25.0. The van der Waals surface area contributed by atoms with Gasteiger partial charge in [-0.3, -0.25) is 4.90 Å². The molecule has 1 saturated heterocycles. The number of aliphatic hydroxyl groups is 4. The molecular formula is C28H39NO8. The van der Waals surface area contributed by atoms with Crippen molar-refractivity contribution < 1.29 is 39.8 Å². The van der Waals surface area contributed by atoms with Gasteiger partial charge in [-0.05, 0) is 63.9 Å². The van der Waals surface area contributed by atoms with Crippen LogP contribution in [0.15, 0.2) is 48.5 Å². The summed E-state index contributed by atoms with van der Waals surface area (Å²) in [6, 6.07) is 15.7. The van der Waals surface area contributed by atoms with Crippen LogP contribution in [-0.4, -0.2) is 85.7 Å². The Kier molecular flexibility index (Phi) is 10.1. The van der Waals surface area contributed by atoms with E-state index in [0.717, 1.165) is 24.1 Å². The lowest BCUT2D eigenvalue weighted by Crippen LogP contribution is -2.61. The third-order valence-corrected chi connectivity index (χ3v) is 6.89. The molecule has 6 atom stereocenters. The molecule has 0 radical (unpaired) electrons. The zero-order valence-corrected chi connectivity index (χ0v) is 21.8. The first-order valence-electron chi connectivity index (χ1n) is 12.7. The predicted molar refractivity (Wildman–Crippen MR) is 137 cm³/mol.